The van der Waals surface area contributed by atoms with Crippen molar-refractivity contribution in [3.8, 4) is 0 Å². The van der Waals surface area contributed by atoms with Gasteiger partial charge < -0.3 is 0 Å². The van der Waals surface area contributed by atoms with Crippen LogP contribution in [-0.2, 0) is 12.1 Å². The summed E-state index contributed by atoms with van der Waals surface area (Å²) in [7, 11) is 0. The highest BCUT2D eigenvalue weighted by atomic mass is 19.3. The largest absolute Gasteiger partial charge is 0.351 e. The van der Waals surface area contributed by atoms with Gasteiger partial charge in [-0.25, -0.2) is 4.39 Å². The minimum absolute atomic E-state index is 0.108. The lowest BCUT2D eigenvalue weighted by Crippen LogP contribution is -2.25. The minimum atomic E-state index is -2.61. The highest BCUT2D eigenvalue weighted by Gasteiger charge is 2.43. The number of alkyl halides is 1. The highest BCUT2D eigenvalue weighted by Crippen LogP contribution is 2.42. The second kappa shape index (κ2) is 5.56. The van der Waals surface area contributed by atoms with Gasteiger partial charge in [-0.1, -0.05) is 45.0 Å². The maximum atomic E-state index is 14.3. The fraction of sp³-hybridized carbons (Fsp3) is 0.500. The Labute approximate surface area is 101 Å². The number of rotatable bonds is 5. The number of halogens is 3. The van der Waals surface area contributed by atoms with E-state index < -0.39 is 12.1 Å². The molecule has 1 unspecified atom stereocenters. The predicted octanol–water partition coefficient (Wildman–Crippen LogP) is 4.89. The van der Waals surface area contributed by atoms with Crippen molar-refractivity contribution in [3.63, 3.8) is 0 Å². The van der Waals surface area contributed by atoms with Crippen LogP contribution in [0.1, 0.15) is 38.3 Å². The first-order valence-corrected chi connectivity index (χ1v) is 5.87. The Balaban J connectivity index is 3.19. The molecule has 0 amide bonds. The van der Waals surface area contributed by atoms with E-state index in [1.54, 1.807) is 18.2 Å². The molecule has 0 spiro atoms. The number of benzene rings is 1. The van der Waals surface area contributed by atoms with Crippen molar-refractivity contribution in [1.82, 2.24) is 0 Å². The lowest BCUT2D eigenvalue weighted by molar-refractivity contribution is 0.0484. The first kappa shape index (κ1) is 14.1. The molecule has 95 valence electrons. The van der Waals surface area contributed by atoms with Crippen molar-refractivity contribution in [2.75, 3.05) is 0 Å². The molecule has 0 saturated heterocycles. The molecule has 0 bridgehead atoms. The number of hydrogen-bond donors (Lipinski definition) is 0. The molecule has 0 aliphatic heterocycles. The monoisotopic (exact) mass is 243 g/mol. The Kier molecular flexibility index (Phi) is 4.61. The van der Waals surface area contributed by atoms with E-state index in [0.29, 0.717) is 17.9 Å². The summed E-state index contributed by atoms with van der Waals surface area (Å²) in [6.45, 7) is 5.40. The molecule has 1 radical (unpaired) electrons. The third kappa shape index (κ3) is 3.02. The maximum Gasteiger partial charge on any atom is 0.351 e. The first-order chi connectivity index (χ1) is 7.91. The van der Waals surface area contributed by atoms with E-state index in [2.05, 4.69) is 0 Å². The third-order valence-electron chi connectivity index (χ3n) is 2.86. The molecule has 17 heavy (non-hydrogen) atoms. The smallest absolute Gasteiger partial charge is 0.232 e. The Morgan fingerprint density at radius 3 is 2.29 bits per heavy atom. The summed E-state index contributed by atoms with van der Waals surface area (Å²) < 4.78 is 40.0. The Bertz CT molecular complexity index is 360. The lowest BCUT2D eigenvalue weighted by Gasteiger charge is -2.25. The van der Waals surface area contributed by atoms with Crippen LogP contribution in [0.3, 0.4) is 0 Å². The van der Waals surface area contributed by atoms with Crippen LogP contribution in [0.15, 0.2) is 24.3 Å². The molecule has 0 aliphatic carbocycles. The van der Waals surface area contributed by atoms with Gasteiger partial charge in [-0.3, -0.25) is 0 Å². The van der Waals surface area contributed by atoms with Gasteiger partial charge in [0.2, 0.25) is 5.67 Å². The fourth-order valence-electron chi connectivity index (χ4n) is 1.95. The molecule has 1 aromatic carbocycles. The van der Waals surface area contributed by atoms with Crippen LogP contribution in [0, 0.1) is 12.3 Å². The normalized spacial score (nSPS) is 15.3. The molecule has 0 saturated carbocycles. The van der Waals surface area contributed by atoms with E-state index in [9.17, 15) is 13.2 Å². The van der Waals surface area contributed by atoms with Crippen LogP contribution < -0.4 is 0 Å². The molecule has 0 N–H and O–H groups in total. The summed E-state index contributed by atoms with van der Waals surface area (Å²) in [5, 5.41) is 0. The van der Waals surface area contributed by atoms with Gasteiger partial charge in [0, 0.05) is 0 Å². The molecule has 1 atom stereocenters. The van der Waals surface area contributed by atoms with Crippen LogP contribution in [-0.4, -0.2) is 0 Å². The topological polar surface area (TPSA) is 0 Å². The van der Waals surface area contributed by atoms with Gasteiger partial charge in [0.05, 0.1) is 0 Å². The SMILES string of the molecule is CCC(F)([C](F)F)c1ccccc1CC(C)C. The second-order valence-electron chi connectivity index (χ2n) is 4.67. The van der Waals surface area contributed by atoms with Crippen molar-refractivity contribution >= 4 is 0 Å². The maximum absolute atomic E-state index is 14.3. The summed E-state index contributed by atoms with van der Waals surface area (Å²) in [6.07, 6.45) is -1.80. The summed E-state index contributed by atoms with van der Waals surface area (Å²) in [5.74, 6) is 0.305. The zero-order valence-corrected chi connectivity index (χ0v) is 10.4. The summed E-state index contributed by atoms with van der Waals surface area (Å²) in [6, 6.07) is 6.54. The van der Waals surface area contributed by atoms with Gasteiger partial charge in [-0.05, 0) is 29.9 Å². The van der Waals surface area contributed by atoms with Crippen LogP contribution in [0.2, 0.25) is 0 Å². The van der Waals surface area contributed by atoms with Crippen molar-refractivity contribution < 1.29 is 13.2 Å². The molecule has 1 rings (SSSR count). The van der Waals surface area contributed by atoms with E-state index >= 15 is 0 Å². The summed E-state index contributed by atoms with van der Waals surface area (Å²) >= 11 is 0. The average molecular weight is 243 g/mol. The quantitative estimate of drug-likeness (QED) is 0.690. The van der Waals surface area contributed by atoms with Crippen molar-refractivity contribution in [2.45, 2.75) is 39.3 Å². The van der Waals surface area contributed by atoms with Gasteiger partial charge in [-0.15, -0.1) is 0 Å². The van der Waals surface area contributed by atoms with E-state index in [0.717, 1.165) is 0 Å². The Morgan fingerprint density at radius 1 is 1.24 bits per heavy atom. The van der Waals surface area contributed by atoms with Gasteiger partial charge >= 0.3 is 6.43 Å². The summed E-state index contributed by atoms with van der Waals surface area (Å²) in [4.78, 5) is 0. The van der Waals surface area contributed by atoms with Crippen molar-refractivity contribution in [2.24, 2.45) is 5.92 Å². The Hall–Kier alpha value is -0.990. The van der Waals surface area contributed by atoms with Gasteiger partial charge in [-0.2, -0.15) is 8.78 Å². The van der Waals surface area contributed by atoms with Crippen LogP contribution in [0.25, 0.3) is 0 Å². The van der Waals surface area contributed by atoms with Crippen LogP contribution >= 0.6 is 0 Å². The summed E-state index contributed by atoms with van der Waals surface area (Å²) in [5.41, 5.74) is -1.83. The zero-order chi connectivity index (χ0) is 13.1. The van der Waals surface area contributed by atoms with E-state index in [1.165, 1.54) is 13.0 Å². The standard InChI is InChI=1S/C14H18F3/c1-4-14(17,13(15)16)12-8-6-5-7-11(12)9-10(2)3/h5-8,10H,4,9H2,1-3H3. The molecule has 0 heterocycles. The molecular weight excluding hydrogens is 225 g/mol. The van der Waals surface area contributed by atoms with Crippen LogP contribution in [0.4, 0.5) is 13.2 Å². The average Bonchev–Trinajstić information content (AvgIpc) is 2.27. The fourth-order valence-corrected chi connectivity index (χ4v) is 1.95. The predicted molar refractivity (Wildman–Crippen MR) is 63.5 cm³/mol. The van der Waals surface area contributed by atoms with Crippen molar-refractivity contribution in [1.29, 1.82) is 0 Å². The van der Waals surface area contributed by atoms with E-state index in [1.807, 2.05) is 13.8 Å². The van der Waals surface area contributed by atoms with Crippen molar-refractivity contribution in [3.05, 3.63) is 41.8 Å². The second-order valence-corrected chi connectivity index (χ2v) is 4.67. The highest BCUT2D eigenvalue weighted by molar-refractivity contribution is 5.35. The minimum Gasteiger partial charge on any atom is -0.232 e. The number of hydrogen-bond acceptors (Lipinski definition) is 0. The molecule has 0 fully saturated rings. The third-order valence-corrected chi connectivity index (χ3v) is 2.86. The molecular formula is C14H18F3. The molecule has 3 heteroatoms. The Morgan fingerprint density at radius 2 is 1.82 bits per heavy atom. The van der Waals surface area contributed by atoms with Gasteiger partial charge in [0.1, 0.15) is 0 Å². The molecule has 0 aliphatic rings. The molecule has 1 aromatic rings. The molecule has 0 nitrogen and oxygen atoms in total. The van der Waals surface area contributed by atoms with Crippen LogP contribution in [0.5, 0.6) is 0 Å². The first-order valence-electron chi connectivity index (χ1n) is 5.87. The van der Waals surface area contributed by atoms with E-state index in [4.69, 9.17) is 0 Å². The van der Waals surface area contributed by atoms with Gasteiger partial charge in [0.15, 0.2) is 0 Å². The molecule has 0 aromatic heterocycles. The van der Waals surface area contributed by atoms with E-state index in [-0.39, 0.29) is 12.0 Å². The van der Waals surface area contributed by atoms with Gasteiger partial charge in [0.25, 0.3) is 0 Å². The lowest BCUT2D eigenvalue weighted by atomic mass is 9.86. The zero-order valence-electron chi connectivity index (χ0n) is 10.4.